The van der Waals surface area contributed by atoms with Crippen molar-refractivity contribution >= 4 is 35.1 Å². The van der Waals surface area contributed by atoms with E-state index in [1.165, 1.54) is 23.9 Å². The lowest BCUT2D eigenvalue weighted by atomic mass is 10.1. The zero-order valence-corrected chi connectivity index (χ0v) is 18.4. The molecule has 2 aliphatic heterocycles. The van der Waals surface area contributed by atoms with Gasteiger partial charge in [-0.25, -0.2) is 9.18 Å². The predicted molar refractivity (Wildman–Crippen MR) is 125 cm³/mol. The molecule has 1 spiro atoms. The minimum atomic E-state index is -1.13. The van der Waals surface area contributed by atoms with Crippen molar-refractivity contribution in [1.82, 2.24) is 4.90 Å². The molecular formula is C25H22FN3O2S. The van der Waals surface area contributed by atoms with Gasteiger partial charge >= 0.3 is 6.03 Å². The van der Waals surface area contributed by atoms with Crippen LogP contribution in [0.4, 0.5) is 20.6 Å². The molecule has 0 radical (unpaired) electrons. The van der Waals surface area contributed by atoms with Crippen LogP contribution in [-0.2, 0) is 16.2 Å². The van der Waals surface area contributed by atoms with E-state index in [1.54, 1.807) is 21.9 Å². The molecule has 5 nitrogen and oxygen atoms in total. The number of nitrogens with zero attached hydrogens (tertiary/aromatic N) is 2. The van der Waals surface area contributed by atoms with E-state index < -0.39 is 16.7 Å². The number of rotatable bonds is 3. The lowest BCUT2D eigenvalue weighted by Crippen LogP contribution is -2.51. The molecule has 7 heteroatoms. The number of carbonyl (C=O) groups is 2. The fourth-order valence-corrected chi connectivity index (χ4v) is 5.82. The van der Waals surface area contributed by atoms with E-state index in [9.17, 15) is 14.0 Å². The zero-order valence-electron chi connectivity index (χ0n) is 17.5. The summed E-state index contributed by atoms with van der Waals surface area (Å²) in [5, 5.41) is 2.76. The van der Waals surface area contributed by atoms with E-state index >= 15 is 0 Å². The van der Waals surface area contributed by atoms with Gasteiger partial charge in [0, 0.05) is 23.5 Å². The van der Waals surface area contributed by atoms with E-state index in [-0.39, 0.29) is 5.91 Å². The second-order valence-electron chi connectivity index (χ2n) is 7.98. The highest BCUT2D eigenvalue weighted by Crippen LogP contribution is 2.54. The molecule has 2 heterocycles. The van der Waals surface area contributed by atoms with Gasteiger partial charge in [0.2, 0.25) is 0 Å². The fourth-order valence-electron chi connectivity index (χ4n) is 4.36. The van der Waals surface area contributed by atoms with Crippen LogP contribution in [0.2, 0.25) is 0 Å². The molecule has 1 N–H and O–H groups in total. The van der Waals surface area contributed by atoms with Crippen molar-refractivity contribution in [3.8, 4) is 0 Å². The number of halogens is 1. The van der Waals surface area contributed by atoms with Gasteiger partial charge in [-0.05, 0) is 36.8 Å². The summed E-state index contributed by atoms with van der Waals surface area (Å²) in [4.78, 5) is 29.4. The van der Waals surface area contributed by atoms with Crippen molar-refractivity contribution in [3.05, 3.63) is 95.3 Å². The average Bonchev–Trinajstić information content (AvgIpc) is 3.33. The van der Waals surface area contributed by atoms with Crippen LogP contribution in [0.15, 0.2) is 72.8 Å². The molecule has 2 aliphatic rings. The number of urea groups is 1. The Balaban J connectivity index is 1.50. The van der Waals surface area contributed by atoms with Crippen LogP contribution in [0.5, 0.6) is 0 Å². The first-order valence-corrected chi connectivity index (χ1v) is 11.4. The predicted octanol–water partition coefficient (Wildman–Crippen LogP) is 5.11. The number of anilines is 2. The molecule has 1 atom stereocenters. The summed E-state index contributed by atoms with van der Waals surface area (Å²) < 4.78 is 13.6. The van der Waals surface area contributed by atoms with E-state index in [1.807, 2.05) is 55.5 Å². The van der Waals surface area contributed by atoms with Crippen molar-refractivity contribution in [3.63, 3.8) is 0 Å². The molecule has 1 fully saturated rings. The van der Waals surface area contributed by atoms with Gasteiger partial charge in [0.15, 0.2) is 4.87 Å². The molecule has 0 aromatic heterocycles. The van der Waals surface area contributed by atoms with Crippen molar-refractivity contribution in [2.75, 3.05) is 22.5 Å². The highest BCUT2D eigenvalue weighted by Gasteiger charge is 2.59. The monoisotopic (exact) mass is 447 g/mol. The highest BCUT2D eigenvalue weighted by atomic mass is 32.2. The van der Waals surface area contributed by atoms with Crippen LogP contribution in [0.3, 0.4) is 0 Å². The molecule has 0 saturated carbocycles. The van der Waals surface area contributed by atoms with Crippen LogP contribution in [0, 0.1) is 12.7 Å². The highest BCUT2D eigenvalue weighted by molar-refractivity contribution is 8.01. The van der Waals surface area contributed by atoms with Gasteiger partial charge in [0.05, 0.1) is 12.2 Å². The van der Waals surface area contributed by atoms with Gasteiger partial charge in [0.1, 0.15) is 5.82 Å². The number of nitrogens with one attached hydrogen (secondary N) is 1. The maximum absolute atomic E-state index is 13.9. The Hall–Kier alpha value is -3.32. The van der Waals surface area contributed by atoms with Crippen LogP contribution in [0.1, 0.15) is 16.7 Å². The molecule has 3 amide bonds. The first-order valence-electron chi connectivity index (χ1n) is 10.4. The Kier molecular flexibility index (Phi) is 5.13. The summed E-state index contributed by atoms with van der Waals surface area (Å²) in [6.07, 6.45) is 0. The quantitative estimate of drug-likeness (QED) is 0.607. The standard InChI is InChI=1S/C25H22FN3O2S/c1-17-9-11-18(12-10-17)16-28-22-8-3-2-7-21(22)25(23(28)30)29(13-14-32-25)24(31)27-20-6-4-5-19(26)15-20/h2-12,15H,13-14,16H2,1H3,(H,27,31). The molecule has 3 aromatic carbocycles. The Morgan fingerprint density at radius 2 is 1.88 bits per heavy atom. The van der Waals surface area contributed by atoms with Gasteiger partial charge in [-0.3, -0.25) is 9.69 Å². The Morgan fingerprint density at radius 3 is 2.66 bits per heavy atom. The smallest absolute Gasteiger partial charge is 0.308 e. The van der Waals surface area contributed by atoms with Crippen molar-refractivity contribution in [2.45, 2.75) is 18.3 Å². The van der Waals surface area contributed by atoms with Gasteiger partial charge in [-0.2, -0.15) is 0 Å². The molecular weight excluding hydrogens is 425 g/mol. The average molecular weight is 448 g/mol. The van der Waals surface area contributed by atoms with E-state index in [0.717, 1.165) is 22.4 Å². The van der Waals surface area contributed by atoms with Crippen LogP contribution >= 0.6 is 11.8 Å². The lowest BCUT2D eigenvalue weighted by molar-refractivity contribution is -0.123. The first kappa shape index (κ1) is 20.6. The van der Waals surface area contributed by atoms with Crippen molar-refractivity contribution in [1.29, 1.82) is 0 Å². The molecule has 0 bridgehead atoms. The number of para-hydroxylation sites is 1. The number of aryl methyl sites for hydroxylation is 1. The number of fused-ring (bicyclic) bond motifs is 2. The number of thioether (sulfide) groups is 1. The number of carbonyl (C=O) groups excluding carboxylic acids is 2. The van der Waals surface area contributed by atoms with Crippen molar-refractivity contribution in [2.24, 2.45) is 0 Å². The Bertz CT molecular complexity index is 1200. The molecule has 32 heavy (non-hydrogen) atoms. The topological polar surface area (TPSA) is 52.7 Å². The van der Waals surface area contributed by atoms with Crippen LogP contribution < -0.4 is 10.2 Å². The van der Waals surface area contributed by atoms with Gasteiger partial charge in [-0.1, -0.05) is 54.1 Å². The second-order valence-corrected chi connectivity index (χ2v) is 9.27. The number of hydrogen-bond donors (Lipinski definition) is 1. The van der Waals surface area contributed by atoms with Crippen LogP contribution in [-0.4, -0.2) is 29.1 Å². The van der Waals surface area contributed by atoms with Gasteiger partial charge in [-0.15, -0.1) is 11.8 Å². The third-order valence-corrected chi connectivity index (χ3v) is 7.30. The number of amides is 3. The van der Waals surface area contributed by atoms with E-state index in [4.69, 9.17) is 0 Å². The largest absolute Gasteiger partial charge is 0.323 e. The summed E-state index contributed by atoms with van der Waals surface area (Å²) in [6, 6.07) is 21.1. The minimum absolute atomic E-state index is 0.129. The summed E-state index contributed by atoms with van der Waals surface area (Å²) in [5.74, 6) is 0.0747. The summed E-state index contributed by atoms with van der Waals surface area (Å²) in [6.45, 7) is 2.88. The third kappa shape index (κ3) is 3.33. The summed E-state index contributed by atoms with van der Waals surface area (Å²) >= 11 is 1.47. The van der Waals surface area contributed by atoms with Gasteiger partial charge < -0.3 is 10.2 Å². The molecule has 1 saturated heterocycles. The summed E-state index contributed by atoms with van der Waals surface area (Å²) in [5.41, 5.74) is 4.17. The first-order chi connectivity index (χ1) is 15.5. The zero-order chi connectivity index (χ0) is 22.3. The van der Waals surface area contributed by atoms with E-state index in [2.05, 4.69) is 5.32 Å². The normalized spacial score (nSPS) is 19.5. The second kappa shape index (κ2) is 7.98. The minimum Gasteiger partial charge on any atom is -0.308 e. The van der Waals surface area contributed by atoms with Gasteiger partial charge in [0.25, 0.3) is 5.91 Å². The Morgan fingerprint density at radius 1 is 1.09 bits per heavy atom. The number of hydrogen-bond acceptors (Lipinski definition) is 3. The van der Waals surface area contributed by atoms with Crippen molar-refractivity contribution < 1.29 is 14.0 Å². The summed E-state index contributed by atoms with van der Waals surface area (Å²) in [7, 11) is 0. The SMILES string of the molecule is Cc1ccc(CN2C(=O)C3(SCCN3C(=O)Nc3cccc(F)c3)c3ccccc32)cc1. The molecule has 0 aliphatic carbocycles. The molecule has 162 valence electrons. The van der Waals surface area contributed by atoms with E-state index in [0.29, 0.717) is 24.5 Å². The third-order valence-electron chi connectivity index (χ3n) is 5.88. The fraction of sp³-hybridized carbons (Fsp3) is 0.200. The maximum atomic E-state index is 13.9. The molecule has 1 unspecified atom stereocenters. The number of benzene rings is 3. The maximum Gasteiger partial charge on any atom is 0.323 e. The van der Waals surface area contributed by atoms with Crippen LogP contribution in [0.25, 0.3) is 0 Å². The lowest BCUT2D eigenvalue weighted by Gasteiger charge is -2.33. The molecule has 3 aromatic rings. The molecule has 5 rings (SSSR count). The Labute approximate surface area is 190 Å².